The van der Waals surface area contributed by atoms with Crippen molar-refractivity contribution in [2.24, 2.45) is 5.92 Å². The normalized spacial score (nSPS) is 24.8. The van der Waals surface area contributed by atoms with Gasteiger partial charge in [0.1, 0.15) is 0 Å². The Morgan fingerprint density at radius 2 is 2.16 bits per heavy atom. The maximum absolute atomic E-state index is 12.6. The number of aromatic nitrogens is 2. The lowest BCUT2D eigenvalue weighted by atomic mass is 9.98. The number of hydrogen-bond acceptors (Lipinski definition) is 3. The molecule has 5 nitrogen and oxygen atoms in total. The van der Waals surface area contributed by atoms with E-state index in [1.165, 1.54) is 0 Å². The van der Waals surface area contributed by atoms with Crippen LogP contribution in [0.2, 0.25) is 0 Å². The molecule has 0 N–H and O–H groups in total. The SMILES string of the molecule is O=C(C1CCOCC1)N1CCC[C@@H]1Cn1ccnc1. The van der Waals surface area contributed by atoms with Crippen molar-refractivity contribution in [2.45, 2.75) is 38.3 Å². The molecule has 2 fully saturated rings. The number of amides is 1. The summed E-state index contributed by atoms with van der Waals surface area (Å²) in [6, 6.07) is 0.338. The zero-order chi connectivity index (χ0) is 13.1. The second-order valence-corrected chi connectivity index (χ2v) is 5.47. The molecule has 0 bridgehead atoms. The van der Waals surface area contributed by atoms with Gasteiger partial charge in [0.25, 0.3) is 0 Å². The van der Waals surface area contributed by atoms with Crippen molar-refractivity contribution in [3.05, 3.63) is 18.7 Å². The van der Waals surface area contributed by atoms with Crippen molar-refractivity contribution in [3.8, 4) is 0 Å². The second kappa shape index (κ2) is 5.74. The number of carbonyl (C=O) groups excluding carboxylic acids is 1. The highest BCUT2D eigenvalue weighted by Crippen LogP contribution is 2.25. The summed E-state index contributed by atoms with van der Waals surface area (Å²) >= 11 is 0. The Morgan fingerprint density at radius 1 is 1.32 bits per heavy atom. The molecule has 5 heteroatoms. The maximum Gasteiger partial charge on any atom is 0.226 e. The monoisotopic (exact) mass is 263 g/mol. The van der Waals surface area contributed by atoms with E-state index in [0.717, 1.165) is 52.0 Å². The zero-order valence-corrected chi connectivity index (χ0v) is 11.2. The molecule has 0 aromatic carbocycles. The number of ether oxygens (including phenoxy) is 1. The highest BCUT2D eigenvalue weighted by molar-refractivity contribution is 5.79. The molecule has 0 saturated carbocycles. The third kappa shape index (κ3) is 2.81. The average Bonchev–Trinajstić information content (AvgIpc) is 3.11. The van der Waals surface area contributed by atoms with Crippen molar-refractivity contribution in [3.63, 3.8) is 0 Å². The third-order valence-electron chi connectivity index (χ3n) is 4.21. The molecule has 1 amide bonds. The molecule has 0 spiro atoms. The van der Waals surface area contributed by atoms with Crippen LogP contribution >= 0.6 is 0 Å². The Balaban J connectivity index is 1.63. The summed E-state index contributed by atoms with van der Waals surface area (Å²) in [5, 5.41) is 0. The summed E-state index contributed by atoms with van der Waals surface area (Å²) < 4.78 is 7.41. The molecule has 2 saturated heterocycles. The van der Waals surface area contributed by atoms with Gasteiger partial charge in [-0.3, -0.25) is 4.79 Å². The number of hydrogen-bond donors (Lipinski definition) is 0. The smallest absolute Gasteiger partial charge is 0.226 e. The van der Waals surface area contributed by atoms with Gasteiger partial charge in [0.05, 0.1) is 6.33 Å². The molecule has 0 radical (unpaired) electrons. The van der Waals surface area contributed by atoms with Crippen LogP contribution in [0.3, 0.4) is 0 Å². The topological polar surface area (TPSA) is 47.4 Å². The number of rotatable bonds is 3. The summed E-state index contributed by atoms with van der Waals surface area (Å²) in [5.74, 6) is 0.517. The molecule has 2 aliphatic rings. The molecule has 1 aromatic heterocycles. The average molecular weight is 263 g/mol. The van der Waals surface area contributed by atoms with Gasteiger partial charge in [0.15, 0.2) is 0 Å². The molecular weight excluding hydrogens is 242 g/mol. The summed E-state index contributed by atoms with van der Waals surface area (Å²) in [5.41, 5.74) is 0. The Bertz CT molecular complexity index is 412. The van der Waals surface area contributed by atoms with Crippen LogP contribution in [-0.4, -0.2) is 46.2 Å². The van der Waals surface area contributed by atoms with Gasteiger partial charge in [-0.1, -0.05) is 0 Å². The van der Waals surface area contributed by atoms with Crippen molar-refractivity contribution in [2.75, 3.05) is 19.8 Å². The predicted octanol–water partition coefficient (Wildman–Crippen LogP) is 1.30. The fourth-order valence-corrected chi connectivity index (χ4v) is 3.13. The molecule has 1 aromatic rings. The van der Waals surface area contributed by atoms with Crippen LogP contribution < -0.4 is 0 Å². The third-order valence-corrected chi connectivity index (χ3v) is 4.21. The van der Waals surface area contributed by atoms with Gasteiger partial charge in [-0.05, 0) is 25.7 Å². The van der Waals surface area contributed by atoms with E-state index in [0.29, 0.717) is 11.9 Å². The molecule has 0 aliphatic carbocycles. The van der Waals surface area contributed by atoms with Crippen LogP contribution in [0.15, 0.2) is 18.7 Å². The molecule has 104 valence electrons. The lowest BCUT2D eigenvalue weighted by Crippen LogP contribution is -2.42. The first-order chi connectivity index (χ1) is 9.34. The van der Waals surface area contributed by atoms with Gasteiger partial charge in [-0.25, -0.2) is 4.98 Å². The van der Waals surface area contributed by atoms with Gasteiger partial charge in [-0.15, -0.1) is 0 Å². The van der Waals surface area contributed by atoms with E-state index in [-0.39, 0.29) is 5.92 Å². The number of likely N-dealkylation sites (tertiary alicyclic amines) is 1. The molecular formula is C14H21N3O2. The zero-order valence-electron chi connectivity index (χ0n) is 11.2. The molecule has 3 rings (SSSR count). The first-order valence-corrected chi connectivity index (χ1v) is 7.18. The minimum Gasteiger partial charge on any atom is -0.381 e. The van der Waals surface area contributed by atoms with Crippen LogP contribution in [0.4, 0.5) is 0 Å². The van der Waals surface area contributed by atoms with E-state index >= 15 is 0 Å². The Kier molecular flexibility index (Phi) is 3.82. The fraction of sp³-hybridized carbons (Fsp3) is 0.714. The standard InChI is InChI=1S/C14H21N3O2/c18-14(12-3-8-19-9-4-12)17-6-1-2-13(17)10-16-7-5-15-11-16/h5,7,11-13H,1-4,6,8-10H2/t13-/m1/s1. The summed E-state index contributed by atoms with van der Waals surface area (Å²) in [4.78, 5) is 18.7. The molecule has 0 unspecified atom stereocenters. The largest absolute Gasteiger partial charge is 0.381 e. The quantitative estimate of drug-likeness (QED) is 0.826. The minimum atomic E-state index is 0.178. The molecule has 19 heavy (non-hydrogen) atoms. The van der Waals surface area contributed by atoms with Gasteiger partial charge in [0, 0.05) is 50.7 Å². The van der Waals surface area contributed by atoms with Crippen molar-refractivity contribution >= 4 is 5.91 Å². The maximum atomic E-state index is 12.6. The summed E-state index contributed by atoms with van der Waals surface area (Å²) in [6.45, 7) is 3.25. The van der Waals surface area contributed by atoms with Crippen LogP contribution in [0.1, 0.15) is 25.7 Å². The lowest BCUT2D eigenvalue weighted by Gasteiger charge is -2.30. The van der Waals surface area contributed by atoms with Crippen LogP contribution in [0.5, 0.6) is 0 Å². The minimum absolute atomic E-state index is 0.178. The number of carbonyl (C=O) groups is 1. The Hall–Kier alpha value is -1.36. The molecule has 2 aliphatic heterocycles. The molecule has 3 heterocycles. The van der Waals surface area contributed by atoms with E-state index in [4.69, 9.17) is 4.74 Å². The van der Waals surface area contributed by atoms with E-state index in [1.54, 1.807) is 6.20 Å². The van der Waals surface area contributed by atoms with Gasteiger partial charge < -0.3 is 14.2 Å². The predicted molar refractivity (Wildman–Crippen MR) is 70.5 cm³/mol. The van der Waals surface area contributed by atoms with E-state index < -0.39 is 0 Å². The first-order valence-electron chi connectivity index (χ1n) is 7.18. The highest BCUT2D eigenvalue weighted by atomic mass is 16.5. The van der Waals surface area contributed by atoms with E-state index in [9.17, 15) is 4.79 Å². The van der Waals surface area contributed by atoms with E-state index in [1.807, 2.05) is 12.5 Å². The van der Waals surface area contributed by atoms with E-state index in [2.05, 4.69) is 14.5 Å². The van der Waals surface area contributed by atoms with Crippen molar-refractivity contribution in [1.29, 1.82) is 0 Å². The summed E-state index contributed by atoms with van der Waals surface area (Å²) in [6.07, 6.45) is 9.58. The van der Waals surface area contributed by atoms with Crippen LogP contribution in [0, 0.1) is 5.92 Å². The van der Waals surface area contributed by atoms with Crippen LogP contribution in [-0.2, 0) is 16.1 Å². The molecule has 1 atom stereocenters. The lowest BCUT2D eigenvalue weighted by molar-refractivity contribution is -0.139. The Morgan fingerprint density at radius 3 is 2.89 bits per heavy atom. The van der Waals surface area contributed by atoms with Crippen molar-refractivity contribution < 1.29 is 9.53 Å². The highest BCUT2D eigenvalue weighted by Gasteiger charge is 2.33. The summed E-state index contributed by atoms with van der Waals surface area (Å²) in [7, 11) is 0. The van der Waals surface area contributed by atoms with Gasteiger partial charge in [0.2, 0.25) is 5.91 Å². The number of nitrogens with zero attached hydrogens (tertiary/aromatic N) is 3. The Labute approximate surface area is 113 Å². The second-order valence-electron chi connectivity index (χ2n) is 5.47. The first kappa shape index (κ1) is 12.7. The van der Waals surface area contributed by atoms with Gasteiger partial charge >= 0.3 is 0 Å². The number of imidazole rings is 1. The van der Waals surface area contributed by atoms with Crippen LogP contribution in [0.25, 0.3) is 0 Å². The van der Waals surface area contributed by atoms with Crippen molar-refractivity contribution in [1.82, 2.24) is 14.5 Å². The van der Waals surface area contributed by atoms with Gasteiger partial charge in [-0.2, -0.15) is 0 Å². The fourth-order valence-electron chi connectivity index (χ4n) is 3.13.